The van der Waals surface area contributed by atoms with Gasteiger partial charge in [-0.15, -0.1) is 0 Å². The lowest BCUT2D eigenvalue weighted by Crippen LogP contribution is -2.37. The maximum absolute atomic E-state index is 12.7. The van der Waals surface area contributed by atoms with E-state index >= 15 is 0 Å². The Kier molecular flexibility index (Phi) is 8.66. The molecule has 198 valence electrons. The summed E-state index contributed by atoms with van der Waals surface area (Å²) in [5.41, 5.74) is 3.40. The van der Waals surface area contributed by atoms with E-state index in [1.54, 1.807) is 12.0 Å². The summed E-state index contributed by atoms with van der Waals surface area (Å²) in [6.07, 6.45) is 2.19. The summed E-state index contributed by atoms with van der Waals surface area (Å²) < 4.78 is 16.9. The van der Waals surface area contributed by atoms with Gasteiger partial charge in [0.2, 0.25) is 5.91 Å². The number of nitrogens with zero attached hydrogens (tertiary/aromatic N) is 3. The minimum absolute atomic E-state index is 0.00311. The monoisotopic (exact) mass is 508 g/mol. The van der Waals surface area contributed by atoms with Gasteiger partial charge < -0.3 is 14.2 Å². The van der Waals surface area contributed by atoms with Gasteiger partial charge in [0.15, 0.2) is 17.7 Å². The number of ether oxygens (including phenoxy) is 3. The molecule has 1 saturated heterocycles. The molecule has 2 aromatic rings. The molecule has 0 saturated carbocycles. The van der Waals surface area contributed by atoms with Crippen molar-refractivity contribution < 1.29 is 23.8 Å². The SMILES string of the molecule is CCN(C(=O)OC1CCCN1)c1ccc(CN2N=C(c3ccc(OC)c(OC(C)C)c3)CCC2=O)cc1. The first-order chi connectivity index (χ1) is 17.9. The quantitative estimate of drug-likeness (QED) is 0.529. The number of carbonyl (C=O) groups is 2. The van der Waals surface area contributed by atoms with Crippen LogP contribution in [0, 0.1) is 0 Å². The molecular weight excluding hydrogens is 472 g/mol. The first-order valence-electron chi connectivity index (χ1n) is 12.9. The fourth-order valence-corrected chi connectivity index (χ4v) is 4.44. The molecule has 1 atom stereocenters. The van der Waals surface area contributed by atoms with Crippen molar-refractivity contribution >= 4 is 23.4 Å². The predicted octanol–water partition coefficient (Wildman–Crippen LogP) is 4.68. The number of amides is 2. The molecule has 4 rings (SSSR count). The van der Waals surface area contributed by atoms with Gasteiger partial charge in [-0.25, -0.2) is 9.80 Å². The van der Waals surface area contributed by atoms with Crippen molar-refractivity contribution in [3.8, 4) is 11.5 Å². The Morgan fingerprint density at radius 2 is 1.95 bits per heavy atom. The lowest BCUT2D eigenvalue weighted by Gasteiger charge is -2.25. The largest absolute Gasteiger partial charge is 0.493 e. The summed E-state index contributed by atoms with van der Waals surface area (Å²) in [6.45, 7) is 7.54. The number of benzene rings is 2. The Hall–Kier alpha value is -3.59. The van der Waals surface area contributed by atoms with Crippen LogP contribution >= 0.6 is 0 Å². The fraction of sp³-hybridized carbons (Fsp3) is 0.464. The molecule has 2 heterocycles. The topological polar surface area (TPSA) is 92.7 Å². The Labute approximate surface area is 218 Å². The lowest BCUT2D eigenvalue weighted by atomic mass is 10.0. The standard InChI is InChI=1S/C28H36N4O5/c1-5-31(28(34)37-26-7-6-16-29-26)22-11-8-20(9-12-22)18-32-27(33)15-13-23(30-32)21-10-14-24(35-4)25(17-21)36-19(2)3/h8-12,14,17,19,26,29H,5-7,13,15-16,18H2,1-4H3. The van der Waals surface area contributed by atoms with Crippen molar-refractivity contribution in [2.24, 2.45) is 5.10 Å². The molecule has 0 spiro atoms. The maximum Gasteiger partial charge on any atom is 0.415 e. The van der Waals surface area contributed by atoms with Gasteiger partial charge in [0, 0.05) is 30.6 Å². The van der Waals surface area contributed by atoms with Gasteiger partial charge in [0.1, 0.15) is 0 Å². The average Bonchev–Trinajstić information content (AvgIpc) is 3.39. The second kappa shape index (κ2) is 12.1. The molecule has 9 nitrogen and oxygen atoms in total. The molecule has 2 aliphatic rings. The molecule has 1 fully saturated rings. The third-order valence-electron chi connectivity index (χ3n) is 6.34. The zero-order chi connectivity index (χ0) is 26.4. The zero-order valence-corrected chi connectivity index (χ0v) is 22.0. The van der Waals surface area contributed by atoms with Gasteiger partial charge in [0.05, 0.1) is 25.5 Å². The second-order valence-corrected chi connectivity index (χ2v) is 9.41. The van der Waals surface area contributed by atoms with Crippen molar-refractivity contribution in [3.05, 3.63) is 53.6 Å². The lowest BCUT2D eigenvalue weighted by molar-refractivity contribution is -0.132. The van der Waals surface area contributed by atoms with Crippen LogP contribution in [0.5, 0.6) is 11.5 Å². The van der Waals surface area contributed by atoms with Crippen molar-refractivity contribution in [3.63, 3.8) is 0 Å². The molecule has 2 aromatic carbocycles. The average molecular weight is 509 g/mol. The van der Waals surface area contributed by atoms with Crippen LogP contribution in [0.25, 0.3) is 0 Å². The number of rotatable bonds is 9. The molecule has 0 aliphatic carbocycles. The van der Waals surface area contributed by atoms with Gasteiger partial charge in [-0.2, -0.15) is 5.10 Å². The number of hydrogen-bond acceptors (Lipinski definition) is 7. The molecule has 37 heavy (non-hydrogen) atoms. The normalized spacial score (nSPS) is 17.5. The Morgan fingerprint density at radius 1 is 1.16 bits per heavy atom. The zero-order valence-electron chi connectivity index (χ0n) is 22.0. The van der Waals surface area contributed by atoms with Crippen molar-refractivity contribution in [2.75, 3.05) is 25.1 Å². The van der Waals surface area contributed by atoms with E-state index in [4.69, 9.17) is 14.2 Å². The van der Waals surface area contributed by atoms with Crippen LogP contribution < -0.4 is 19.7 Å². The van der Waals surface area contributed by atoms with Crippen LogP contribution in [0.2, 0.25) is 0 Å². The van der Waals surface area contributed by atoms with Crippen molar-refractivity contribution in [2.45, 2.75) is 65.3 Å². The number of hydrazone groups is 1. The number of methoxy groups -OCH3 is 1. The molecule has 1 unspecified atom stereocenters. The van der Waals surface area contributed by atoms with Gasteiger partial charge in [-0.1, -0.05) is 12.1 Å². The number of anilines is 1. The highest BCUT2D eigenvalue weighted by Crippen LogP contribution is 2.31. The molecular formula is C28H36N4O5. The second-order valence-electron chi connectivity index (χ2n) is 9.41. The Morgan fingerprint density at radius 3 is 2.59 bits per heavy atom. The Balaban J connectivity index is 1.46. The first kappa shape index (κ1) is 26.5. The highest BCUT2D eigenvalue weighted by Gasteiger charge is 2.24. The maximum atomic E-state index is 12.7. The smallest absolute Gasteiger partial charge is 0.415 e. The highest BCUT2D eigenvalue weighted by atomic mass is 16.6. The number of hydrogen-bond donors (Lipinski definition) is 1. The van der Waals surface area contributed by atoms with E-state index in [9.17, 15) is 9.59 Å². The number of nitrogens with one attached hydrogen (secondary N) is 1. The highest BCUT2D eigenvalue weighted by molar-refractivity contribution is 6.04. The van der Waals surface area contributed by atoms with Gasteiger partial charge in [-0.3, -0.25) is 15.0 Å². The molecule has 0 radical (unpaired) electrons. The molecule has 0 aromatic heterocycles. The van der Waals surface area contributed by atoms with Gasteiger partial charge in [0.25, 0.3) is 0 Å². The van der Waals surface area contributed by atoms with Crippen LogP contribution in [-0.2, 0) is 16.1 Å². The van der Waals surface area contributed by atoms with E-state index in [1.807, 2.05) is 63.2 Å². The van der Waals surface area contributed by atoms with E-state index in [0.29, 0.717) is 37.4 Å². The van der Waals surface area contributed by atoms with E-state index in [2.05, 4.69) is 10.4 Å². The van der Waals surface area contributed by atoms with Crippen LogP contribution in [-0.4, -0.2) is 55.3 Å². The van der Waals surface area contributed by atoms with Gasteiger partial charge in [-0.05, 0) is 76.1 Å². The molecule has 9 heteroatoms. The minimum atomic E-state index is -0.365. The van der Waals surface area contributed by atoms with Crippen LogP contribution in [0.1, 0.15) is 57.6 Å². The van der Waals surface area contributed by atoms with Gasteiger partial charge >= 0.3 is 6.09 Å². The minimum Gasteiger partial charge on any atom is -0.493 e. The van der Waals surface area contributed by atoms with Crippen LogP contribution in [0.4, 0.5) is 10.5 Å². The summed E-state index contributed by atoms with van der Waals surface area (Å²) in [4.78, 5) is 26.9. The molecule has 0 bridgehead atoms. The fourth-order valence-electron chi connectivity index (χ4n) is 4.44. The van der Waals surface area contributed by atoms with Crippen molar-refractivity contribution in [1.29, 1.82) is 0 Å². The van der Waals surface area contributed by atoms with E-state index in [1.165, 1.54) is 5.01 Å². The van der Waals surface area contributed by atoms with E-state index in [0.717, 1.165) is 41.9 Å². The Bertz CT molecular complexity index is 1130. The summed E-state index contributed by atoms with van der Waals surface area (Å²) >= 11 is 0. The molecule has 1 N–H and O–H groups in total. The van der Waals surface area contributed by atoms with E-state index in [-0.39, 0.29) is 24.3 Å². The van der Waals surface area contributed by atoms with Crippen LogP contribution in [0.15, 0.2) is 47.6 Å². The predicted molar refractivity (Wildman–Crippen MR) is 142 cm³/mol. The summed E-state index contributed by atoms with van der Waals surface area (Å²) in [5.74, 6) is 1.29. The third-order valence-corrected chi connectivity index (χ3v) is 6.34. The number of carbonyl (C=O) groups excluding carboxylic acids is 2. The summed E-state index contributed by atoms with van der Waals surface area (Å²) in [5, 5.41) is 9.36. The summed E-state index contributed by atoms with van der Waals surface area (Å²) in [6, 6.07) is 13.3. The first-order valence-corrected chi connectivity index (χ1v) is 12.9. The van der Waals surface area contributed by atoms with E-state index < -0.39 is 0 Å². The van der Waals surface area contributed by atoms with Crippen molar-refractivity contribution in [1.82, 2.24) is 10.3 Å². The third kappa shape index (κ3) is 6.60. The van der Waals surface area contributed by atoms with Crippen LogP contribution in [0.3, 0.4) is 0 Å². The molecule has 2 aliphatic heterocycles. The molecule has 2 amide bonds. The summed E-state index contributed by atoms with van der Waals surface area (Å²) in [7, 11) is 1.61.